The van der Waals surface area contributed by atoms with E-state index in [0.29, 0.717) is 0 Å². The van der Waals surface area contributed by atoms with Crippen LogP contribution in [-0.4, -0.2) is 0 Å². The predicted octanol–water partition coefficient (Wildman–Crippen LogP) is 9.34. The van der Waals surface area contributed by atoms with Gasteiger partial charge in [-0.25, -0.2) is 0 Å². The van der Waals surface area contributed by atoms with Gasteiger partial charge in [-0.3, -0.25) is 0 Å². The van der Waals surface area contributed by atoms with Crippen molar-refractivity contribution in [3.8, 4) is 22.3 Å². The van der Waals surface area contributed by atoms with Crippen molar-refractivity contribution >= 4 is 21.5 Å². The van der Waals surface area contributed by atoms with Crippen LogP contribution in [0, 0.1) is 13.8 Å². The van der Waals surface area contributed by atoms with Crippen molar-refractivity contribution in [1.82, 2.24) is 0 Å². The molecule has 0 amide bonds. The summed E-state index contributed by atoms with van der Waals surface area (Å²) in [4.78, 5) is 0. The Kier molecular flexibility index (Phi) is 4.21. The third-order valence-corrected chi connectivity index (χ3v) is 8.94. The van der Waals surface area contributed by atoms with Crippen molar-refractivity contribution in [3.05, 3.63) is 143 Å². The summed E-state index contributed by atoms with van der Waals surface area (Å²) in [5.74, 6) is 0. The zero-order chi connectivity index (χ0) is 24.7. The molecule has 176 valence electrons. The molecule has 37 heavy (non-hydrogen) atoms. The Morgan fingerprint density at radius 1 is 0.486 bits per heavy atom. The molecule has 0 aromatic heterocycles. The Hall–Kier alpha value is -4.16. The van der Waals surface area contributed by atoms with Gasteiger partial charge < -0.3 is 0 Å². The molecular formula is C37H28. The van der Waals surface area contributed by atoms with Crippen LogP contribution in [-0.2, 0) is 18.3 Å². The van der Waals surface area contributed by atoms with E-state index in [4.69, 9.17) is 0 Å². The van der Waals surface area contributed by atoms with Crippen LogP contribution in [0.1, 0.15) is 33.4 Å². The van der Waals surface area contributed by atoms with Crippen molar-refractivity contribution in [2.24, 2.45) is 0 Å². The molecule has 0 saturated carbocycles. The summed E-state index contributed by atoms with van der Waals surface area (Å²) in [6.45, 7) is 4.48. The lowest BCUT2D eigenvalue weighted by molar-refractivity contribution is 0.525. The first kappa shape index (κ1) is 21.0. The van der Waals surface area contributed by atoms with Crippen LogP contribution >= 0.6 is 0 Å². The Labute approximate surface area is 218 Å². The Morgan fingerprint density at radius 3 is 1.43 bits per heavy atom. The van der Waals surface area contributed by atoms with Gasteiger partial charge in [0.25, 0.3) is 0 Å². The number of hydrogen-bond acceptors (Lipinski definition) is 0. The number of fused-ring (bicyclic) bond motifs is 12. The summed E-state index contributed by atoms with van der Waals surface area (Å²) in [5.41, 5.74) is 14.2. The summed E-state index contributed by atoms with van der Waals surface area (Å²) in [6.07, 6.45) is 2.01. The maximum absolute atomic E-state index is 2.47. The van der Waals surface area contributed by atoms with Crippen molar-refractivity contribution in [3.63, 3.8) is 0 Å². The predicted molar refractivity (Wildman–Crippen MR) is 156 cm³/mol. The third-order valence-electron chi connectivity index (χ3n) is 8.94. The van der Waals surface area contributed by atoms with E-state index in [0.717, 1.165) is 12.8 Å². The normalized spacial score (nSPS) is 14.8. The van der Waals surface area contributed by atoms with Gasteiger partial charge in [-0.2, -0.15) is 0 Å². The molecule has 0 bridgehead atoms. The standard InChI is InChI=1S/C37H28/c1-23-11-17-31-32-18-12-24(2)20-34(32)37(33(31)19-23)21-27-15-13-25-7-3-5-9-29(25)35(27)36-28(22-37)16-14-26-8-4-6-10-30(26)36/h3-20H,21-22H2,1-2H3. The molecule has 0 heteroatoms. The molecule has 2 aliphatic carbocycles. The van der Waals surface area contributed by atoms with Crippen molar-refractivity contribution < 1.29 is 0 Å². The molecule has 0 saturated heterocycles. The minimum absolute atomic E-state index is 0.0897. The maximum atomic E-state index is 2.47. The lowest BCUT2D eigenvalue weighted by atomic mass is 9.70. The van der Waals surface area contributed by atoms with Crippen molar-refractivity contribution in [1.29, 1.82) is 0 Å². The number of aryl methyl sites for hydroxylation is 2. The molecule has 6 aromatic carbocycles. The van der Waals surface area contributed by atoms with E-state index in [-0.39, 0.29) is 5.41 Å². The Morgan fingerprint density at radius 2 is 0.946 bits per heavy atom. The second-order valence-electron chi connectivity index (χ2n) is 11.2. The molecule has 0 heterocycles. The quantitative estimate of drug-likeness (QED) is 0.207. The summed E-state index contributed by atoms with van der Waals surface area (Å²) in [6, 6.07) is 41.6. The van der Waals surface area contributed by atoms with Crippen LogP contribution in [0.5, 0.6) is 0 Å². The van der Waals surface area contributed by atoms with Gasteiger partial charge in [-0.15, -0.1) is 0 Å². The van der Waals surface area contributed by atoms with E-state index >= 15 is 0 Å². The van der Waals surface area contributed by atoms with Gasteiger partial charge in [0, 0.05) is 5.41 Å². The lowest BCUT2D eigenvalue weighted by Crippen LogP contribution is -2.30. The molecule has 6 aromatic rings. The Bertz CT molecular complexity index is 1760. The lowest BCUT2D eigenvalue weighted by Gasteiger charge is -2.32. The first-order valence-electron chi connectivity index (χ1n) is 13.4. The van der Waals surface area contributed by atoms with Gasteiger partial charge in [-0.1, -0.05) is 120 Å². The zero-order valence-electron chi connectivity index (χ0n) is 21.3. The molecule has 0 atom stereocenters. The van der Waals surface area contributed by atoms with Crippen LogP contribution in [0.4, 0.5) is 0 Å². The fourth-order valence-electron chi connectivity index (χ4n) is 7.33. The second-order valence-corrected chi connectivity index (χ2v) is 11.2. The van der Waals surface area contributed by atoms with Crippen molar-refractivity contribution in [2.75, 3.05) is 0 Å². The van der Waals surface area contributed by atoms with Gasteiger partial charge in [0.1, 0.15) is 0 Å². The van der Waals surface area contributed by atoms with E-state index < -0.39 is 0 Å². The molecular weight excluding hydrogens is 444 g/mol. The van der Waals surface area contributed by atoms with Crippen molar-refractivity contribution in [2.45, 2.75) is 32.1 Å². The minimum atomic E-state index is -0.0897. The van der Waals surface area contributed by atoms with Crippen LogP contribution in [0.3, 0.4) is 0 Å². The monoisotopic (exact) mass is 472 g/mol. The first-order valence-corrected chi connectivity index (χ1v) is 13.4. The smallest absolute Gasteiger partial charge is 0.0296 e. The Balaban J connectivity index is 1.55. The average molecular weight is 473 g/mol. The molecule has 1 spiro atoms. The highest BCUT2D eigenvalue weighted by Crippen LogP contribution is 2.56. The molecule has 0 N–H and O–H groups in total. The first-order chi connectivity index (χ1) is 18.1. The summed E-state index contributed by atoms with van der Waals surface area (Å²) in [5, 5.41) is 5.35. The van der Waals surface area contributed by atoms with Crippen LogP contribution in [0.2, 0.25) is 0 Å². The van der Waals surface area contributed by atoms with E-state index in [1.807, 2.05) is 0 Å². The van der Waals surface area contributed by atoms with Gasteiger partial charge in [0.15, 0.2) is 0 Å². The zero-order valence-corrected chi connectivity index (χ0v) is 21.3. The maximum Gasteiger partial charge on any atom is 0.0296 e. The van der Waals surface area contributed by atoms with E-state index in [1.165, 1.54) is 77.2 Å². The molecule has 8 rings (SSSR count). The highest BCUT2D eigenvalue weighted by Gasteiger charge is 2.45. The summed E-state index contributed by atoms with van der Waals surface area (Å²) >= 11 is 0. The minimum Gasteiger partial charge on any atom is -0.0616 e. The molecule has 0 fully saturated rings. The summed E-state index contributed by atoms with van der Waals surface area (Å²) < 4.78 is 0. The second kappa shape index (κ2) is 7.43. The number of benzene rings is 6. The number of rotatable bonds is 0. The highest BCUT2D eigenvalue weighted by atomic mass is 14.5. The molecule has 0 unspecified atom stereocenters. The van der Waals surface area contributed by atoms with E-state index in [1.54, 1.807) is 0 Å². The van der Waals surface area contributed by atoms with Crippen LogP contribution < -0.4 is 0 Å². The number of hydrogen-bond donors (Lipinski definition) is 0. The van der Waals surface area contributed by atoms with Gasteiger partial charge in [0.2, 0.25) is 0 Å². The fraction of sp³-hybridized carbons (Fsp3) is 0.135. The van der Waals surface area contributed by atoms with E-state index in [2.05, 4.69) is 123 Å². The SMILES string of the molecule is Cc1ccc2c(c1)C1(Cc3ccc4ccccc4c3-c3c(ccc4ccccc34)C1)c1cc(C)ccc1-2. The summed E-state index contributed by atoms with van der Waals surface area (Å²) in [7, 11) is 0. The van der Waals surface area contributed by atoms with Crippen LogP contribution in [0.25, 0.3) is 43.8 Å². The average Bonchev–Trinajstić information content (AvgIpc) is 3.06. The topological polar surface area (TPSA) is 0 Å². The molecule has 0 radical (unpaired) electrons. The third kappa shape index (κ3) is 2.84. The molecule has 2 aliphatic rings. The molecule has 0 aliphatic heterocycles. The highest BCUT2D eigenvalue weighted by molar-refractivity contribution is 6.08. The largest absolute Gasteiger partial charge is 0.0616 e. The van der Waals surface area contributed by atoms with Crippen LogP contribution in [0.15, 0.2) is 109 Å². The van der Waals surface area contributed by atoms with Gasteiger partial charge in [0.05, 0.1) is 0 Å². The fourth-order valence-corrected chi connectivity index (χ4v) is 7.33. The van der Waals surface area contributed by atoms with E-state index in [9.17, 15) is 0 Å². The van der Waals surface area contributed by atoms with Gasteiger partial charge >= 0.3 is 0 Å². The van der Waals surface area contributed by atoms with Gasteiger partial charge in [-0.05, 0) is 92.7 Å². The molecule has 0 nitrogen and oxygen atoms in total.